The molecule has 0 saturated heterocycles. The molecular formula is C12H18N2O2. The van der Waals surface area contributed by atoms with Crippen LogP contribution < -0.4 is 11.1 Å². The fourth-order valence-corrected chi connectivity index (χ4v) is 1.48. The number of benzene rings is 1. The maximum atomic E-state index is 11.0. The van der Waals surface area contributed by atoms with Crippen molar-refractivity contribution in [2.75, 3.05) is 11.1 Å². The smallest absolute Gasteiger partial charge is 0.337 e. The van der Waals surface area contributed by atoms with Gasteiger partial charge >= 0.3 is 5.97 Å². The van der Waals surface area contributed by atoms with Crippen LogP contribution in [0.2, 0.25) is 0 Å². The van der Waals surface area contributed by atoms with Gasteiger partial charge in [0.15, 0.2) is 0 Å². The molecule has 0 amide bonds. The predicted octanol–water partition coefficient (Wildman–Crippen LogP) is 2.49. The van der Waals surface area contributed by atoms with E-state index >= 15 is 0 Å². The van der Waals surface area contributed by atoms with E-state index < -0.39 is 5.97 Å². The minimum atomic E-state index is -1.00. The van der Waals surface area contributed by atoms with E-state index in [-0.39, 0.29) is 11.1 Å². The summed E-state index contributed by atoms with van der Waals surface area (Å²) in [6.45, 7) is 7.84. The second kappa shape index (κ2) is 4.04. The molecule has 0 fully saturated rings. The molecule has 0 aliphatic rings. The summed E-state index contributed by atoms with van der Waals surface area (Å²) in [5, 5.41) is 12.2. The van der Waals surface area contributed by atoms with Crippen molar-refractivity contribution >= 4 is 17.3 Å². The molecule has 0 bridgehead atoms. The summed E-state index contributed by atoms with van der Waals surface area (Å²) in [6.07, 6.45) is 0. The van der Waals surface area contributed by atoms with Crippen LogP contribution >= 0.6 is 0 Å². The Balaban J connectivity index is 3.19. The van der Waals surface area contributed by atoms with Crippen molar-refractivity contribution in [2.24, 2.45) is 0 Å². The van der Waals surface area contributed by atoms with Crippen molar-refractivity contribution in [1.82, 2.24) is 0 Å². The van der Waals surface area contributed by atoms with E-state index in [0.717, 1.165) is 11.3 Å². The van der Waals surface area contributed by atoms with Crippen molar-refractivity contribution in [3.63, 3.8) is 0 Å². The topological polar surface area (TPSA) is 75.3 Å². The molecule has 0 radical (unpaired) electrons. The van der Waals surface area contributed by atoms with Crippen molar-refractivity contribution in [3.05, 3.63) is 23.3 Å². The van der Waals surface area contributed by atoms with E-state index in [4.69, 9.17) is 10.8 Å². The standard InChI is InChI=1S/C12H18N2O2/c1-7-5-8(14-12(2,3)4)6-9(10(7)13)11(15)16/h5-6,14H,13H2,1-4H3,(H,15,16). The number of aryl methyl sites for hydroxylation is 1. The molecule has 0 saturated carbocycles. The number of nitrogens with two attached hydrogens (primary N) is 1. The lowest BCUT2D eigenvalue weighted by Crippen LogP contribution is -2.26. The van der Waals surface area contributed by atoms with Gasteiger partial charge in [-0.2, -0.15) is 0 Å². The zero-order valence-electron chi connectivity index (χ0n) is 10.1. The van der Waals surface area contributed by atoms with Crippen molar-refractivity contribution in [2.45, 2.75) is 33.2 Å². The van der Waals surface area contributed by atoms with Gasteiger partial charge in [0.25, 0.3) is 0 Å². The summed E-state index contributed by atoms with van der Waals surface area (Å²) in [6, 6.07) is 3.42. The Kier molecular flexibility index (Phi) is 3.12. The maximum Gasteiger partial charge on any atom is 0.337 e. The van der Waals surface area contributed by atoms with Crippen LogP contribution in [0.1, 0.15) is 36.7 Å². The second-order valence-corrected chi connectivity index (χ2v) is 4.93. The lowest BCUT2D eigenvalue weighted by Gasteiger charge is -2.23. The summed E-state index contributed by atoms with van der Waals surface area (Å²) < 4.78 is 0. The highest BCUT2D eigenvalue weighted by atomic mass is 16.4. The SMILES string of the molecule is Cc1cc(NC(C)(C)C)cc(C(=O)O)c1N. The van der Waals surface area contributed by atoms with Crippen LogP contribution in [0.5, 0.6) is 0 Å². The summed E-state index contributed by atoms with van der Waals surface area (Å²) >= 11 is 0. The van der Waals surface area contributed by atoms with Gasteiger partial charge in [-0.25, -0.2) is 4.79 Å². The summed E-state index contributed by atoms with van der Waals surface area (Å²) in [5.74, 6) is -1.00. The molecule has 0 atom stereocenters. The van der Waals surface area contributed by atoms with Gasteiger partial charge in [-0.05, 0) is 45.4 Å². The second-order valence-electron chi connectivity index (χ2n) is 4.93. The number of rotatable bonds is 2. The van der Waals surface area contributed by atoms with E-state index in [9.17, 15) is 4.79 Å². The van der Waals surface area contributed by atoms with Crippen molar-refractivity contribution in [1.29, 1.82) is 0 Å². The molecular weight excluding hydrogens is 204 g/mol. The lowest BCUT2D eigenvalue weighted by molar-refractivity contribution is 0.0698. The third kappa shape index (κ3) is 2.89. The zero-order chi connectivity index (χ0) is 12.5. The fourth-order valence-electron chi connectivity index (χ4n) is 1.48. The Morgan fingerprint density at radius 1 is 1.38 bits per heavy atom. The van der Waals surface area contributed by atoms with Crippen LogP contribution in [0.15, 0.2) is 12.1 Å². The van der Waals surface area contributed by atoms with Crippen molar-refractivity contribution in [3.8, 4) is 0 Å². The van der Waals surface area contributed by atoms with Gasteiger partial charge in [0, 0.05) is 16.9 Å². The van der Waals surface area contributed by atoms with E-state index in [1.807, 2.05) is 26.8 Å². The third-order valence-electron chi connectivity index (χ3n) is 2.14. The first kappa shape index (κ1) is 12.4. The monoisotopic (exact) mass is 222 g/mol. The lowest BCUT2D eigenvalue weighted by atomic mass is 10.0. The molecule has 0 unspecified atom stereocenters. The first-order chi connectivity index (χ1) is 7.20. The van der Waals surface area contributed by atoms with Gasteiger partial charge in [0.05, 0.1) is 5.56 Å². The van der Waals surface area contributed by atoms with Crippen LogP contribution in [0.4, 0.5) is 11.4 Å². The Morgan fingerprint density at radius 3 is 2.38 bits per heavy atom. The molecule has 4 nitrogen and oxygen atoms in total. The molecule has 0 spiro atoms. The van der Waals surface area contributed by atoms with Crippen LogP contribution in [0.25, 0.3) is 0 Å². The predicted molar refractivity (Wildman–Crippen MR) is 65.9 cm³/mol. The largest absolute Gasteiger partial charge is 0.478 e. The van der Waals surface area contributed by atoms with Gasteiger partial charge in [0.1, 0.15) is 0 Å². The van der Waals surface area contributed by atoms with Crippen LogP contribution in [-0.2, 0) is 0 Å². The number of nitrogen functional groups attached to an aromatic ring is 1. The number of hydrogen-bond acceptors (Lipinski definition) is 3. The Hall–Kier alpha value is -1.71. The minimum absolute atomic E-state index is 0.113. The van der Waals surface area contributed by atoms with E-state index in [1.54, 1.807) is 13.0 Å². The van der Waals surface area contributed by atoms with Gasteiger partial charge in [-0.15, -0.1) is 0 Å². The van der Waals surface area contributed by atoms with Gasteiger partial charge in [-0.3, -0.25) is 0 Å². The van der Waals surface area contributed by atoms with Crippen LogP contribution in [0.3, 0.4) is 0 Å². The Labute approximate surface area is 95.5 Å². The Morgan fingerprint density at radius 2 is 1.94 bits per heavy atom. The van der Waals surface area contributed by atoms with E-state index in [1.165, 1.54) is 0 Å². The molecule has 16 heavy (non-hydrogen) atoms. The quantitative estimate of drug-likeness (QED) is 0.672. The minimum Gasteiger partial charge on any atom is -0.478 e. The summed E-state index contributed by atoms with van der Waals surface area (Å²) in [5.41, 5.74) is 7.61. The summed E-state index contributed by atoms with van der Waals surface area (Å²) in [7, 11) is 0. The molecule has 0 aromatic heterocycles. The number of nitrogens with one attached hydrogen (secondary N) is 1. The molecule has 0 heterocycles. The highest BCUT2D eigenvalue weighted by Crippen LogP contribution is 2.24. The molecule has 0 aliphatic carbocycles. The zero-order valence-corrected chi connectivity index (χ0v) is 10.1. The average molecular weight is 222 g/mol. The number of hydrogen-bond donors (Lipinski definition) is 3. The number of anilines is 2. The van der Waals surface area contributed by atoms with Gasteiger partial charge < -0.3 is 16.2 Å². The first-order valence-corrected chi connectivity index (χ1v) is 5.12. The molecule has 1 rings (SSSR count). The first-order valence-electron chi connectivity index (χ1n) is 5.12. The van der Waals surface area contributed by atoms with Crippen LogP contribution in [0, 0.1) is 6.92 Å². The average Bonchev–Trinajstić information content (AvgIpc) is 2.07. The van der Waals surface area contributed by atoms with Crippen LogP contribution in [-0.4, -0.2) is 16.6 Å². The van der Waals surface area contributed by atoms with Gasteiger partial charge in [-0.1, -0.05) is 0 Å². The normalized spacial score (nSPS) is 11.2. The molecule has 4 heteroatoms. The Bertz CT molecular complexity index is 420. The number of aromatic carboxylic acids is 1. The molecule has 4 N–H and O–H groups in total. The maximum absolute atomic E-state index is 11.0. The molecule has 88 valence electrons. The van der Waals surface area contributed by atoms with Crippen molar-refractivity contribution < 1.29 is 9.90 Å². The molecule has 0 aliphatic heterocycles. The third-order valence-corrected chi connectivity index (χ3v) is 2.14. The molecule has 1 aromatic rings. The fraction of sp³-hybridized carbons (Fsp3) is 0.417. The van der Waals surface area contributed by atoms with Gasteiger partial charge in [0.2, 0.25) is 0 Å². The molecule has 1 aromatic carbocycles. The van der Waals surface area contributed by atoms with E-state index in [2.05, 4.69) is 5.32 Å². The highest BCUT2D eigenvalue weighted by molar-refractivity contribution is 5.95. The number of carboxylic acids is 1. The number of carbonyl (C=O) groups is 1. The van der Waals surface area contributed by atoms with E-state index in [0.29, 0.717) is 5.69 Å². The highest BCUT2D eigenvalue weighted by Gasteiger charge is 2.15. The summed E-state index contributed by atoms with van der Waals surface area (Å²) in [4.78, 5) is 11.0. The number of carboxylic acid groups (broad SMARTS) is 1.